The van der Waals surface area contributed by atoms with E-state index in [4.69, 9.17) is 4.74 Å². The SMILES string of the molecule is CCCCCCCCCCCCCCCCCCCCCCCC(=O)OC(CCCCCCCCCCC)CC(=O)O. The third kappa shape index (κ3) is 33.4. The molecule has 1 unspecified atom stereocenters. The molecule has 4 nitrogen and oxygen atoms in total. The number of carbonyl (C=O) groups excluding carboxylic acids is 1. The van der Waals surface area contributed by atoms with Crippen molar-refractivity contribution in [3.63, 3.8) is 0 Å². The monoisotopic (exact) mass is 595 g/mol. The Labute approximate surface area is 262 Å². The van der Waals surface area contributed by atoms with Gasteiger partial charge in [-0.1, -0.05) is 194 Å². The molecule has 0 spiro atoms. The molecule has 0 heterocycles. The summed E-state index contributed by atoms with van der Waals surface area (Å²) in [7, 11) is 0. The van der Waals surface area contributed by atoms with Gasteiger partial charge in [-0.05, 0) is 19.3 Å². The van der Waals surface area contributed by atoms with Gasteiger partial charge in [0.15, 0.2) is 0 Å². The number of rotatable bonds is 35. The van der Waals surface area contributed by atoms with Gasteiger partial charge in [0.2, 0.25) is 0 Å². The van der Waals surface area contributed by atoms with Gasteiger partial charge >= 0.3 is 11.9 Å². The maximum atomic E-state index is 12.3. The van der Waals surface area contributed by atoms with Gasteiger partial charge in [0, 0.05) is 6.42 Å². The highest BCUT2D eigenvalue weighted by atomic mass is 16.5. The zero-order valence-corrected chi connectivity index (χ0v) is 28.6. The van der Waals surface area contributed by atoms with E-state index in [1.165, 1.54) is 167 Å². The summed E-state index contributed by atoms with van der Waals surface area (Å²) in [5.41, 5.74) is 0. The molecule has 0 aromatic heterocycles. The van der Waals surface area contributed by atoms with Crippen molar-refractivity contribution in [2.45, 2.75) is 232 Å². The Kier molecular flexibility index (Phi) is 33.6. The van der Waals surface area contributed by atoms with E-state index in [1.807, 2.05) is 0 Å². The quantitative estimate of drug-likeness (QED) is 0.0585. The van der Waals surface area contributed by atoms with Crippen LogP contribution >= 0.6 is 0 Å². The van der Waals surface area contributed by atoms with Gasteiger partial charge in [-0.2, -0.15) is 0 Å². The number of ether oxygens (including phenoxy) is 1. The normalized spacial score (nSPS) is 12.0. The van der Waals surface area contributed by atoms with Crippen LogP contribution in [-0.2, 0) is 14.3 Å². The molecule has 42 heavy (non-hydrogen) atoms. The fourth-order valence-electron chi connectivity index (χ4n) is 6.03. The lowest BCUT2D eigenvalue weighted by Gasteiger charge is -2.16. The molecule has 250 valence electrons. The van der Waals surface area contributed by atoms with E-state index in [0.29, 0.717) is 12.8 Å². The summed E-state index contributed by atoms with van der Waals surface area (Å²) in [6.07, 6.45) is 40.0. The van der Waals surface area contributed by atoms with Crippen molar-refractivity contribution >= 4 is 11.9 Å². The molecule has 4 heteroatoms. The molecular formula is C38H74O4. The number of esters is 1. The van der Waals surface area contributed by atoms with E-state index in [-0.39, 0.29) is 12.4 Å². The second-order valence-corrected chi connectivity index (χ2v) is 13.1. The maximum absolute atomic E-state index is 12.3. The highest BCUT2D eigenvalue weighted by Gasteiger charge is 2.17. The predicted molar refractivity (Wildman–Crippen MR) is 181 cm³/mol. The molecule has 1 N–H and O–H groups in total. The van der Waals surface area contributed by atoms with E-state index in [0.717, 1.165) is 25.7 Å². The number of carboxylic acids is 1. The lowest BCUT2D eigenvalue weighted by Crippen LogP contribution is -2.21. The van der Waals surface area contributed by atoms with Crippen molar-refractivity contribution in [3.8, 4) is 0 Å². The molecule has 1 atom stereocenters. The standard InChI is InChI=1S/C38H74O4/c1-3-5-7-9-11-13-14-15-16-17-18-19-20-21-22-23-24-26-28-30-32-34-38(41)42-36(35-37(39)40)33-31-29-27-25-12-10-8-6-4-2/h36H,3-35H2,1-2H3,(H,39,40). The first-order valence-electron chi connectivity index (χ1n) is 19.0. The predicted octanol–water partition coefficient (Wildman–Crippen LogP) is 12.9. The molecule has 0 bridgehead atoms. The van der Waals surface area contributed by atoms with Crippen molar-refractivity contribution in [2.24, 2.45) is 0 Å². The molecule has 0 rings (SSSR count). The summed E-state index contributed by atoms with van der Waals surface area (Å²) < 4.78 is 5.56. The minimum absolute atomic E-state index is 0.0674. The van der Waals surface area contributed by atoms with Crippen molar-refractivity contribution in [1.82, 2.24) is 0 Å². The highest BCUT2D eigenvalue weighted by molar-refractivity contribution is 5.71. The average Bonchev–Trinajstić information content (AvgIpc) is 2.96. The largest absolute Gasteiger partial charge is 0.481 e. The highest BCUT2D eigenvalue weighted by Crippen LogP contribution is 2.17. The molecule has 0 aromatic carbocycles. The Morgan fingerprint density at radius 2 is 0.738 bits per heavy atom. The molecule has 0 aliphatic heterocycles. The van der Waals surface area contributed by atoms with Crippen LogP contribution in [0.15, 0.2) is 0 Å². The number of hydrogen-bond acceptors (Lipinski definition) is 3. The van der Waals surface area contributed by atoms with Gasteiger partial charge in [0.05, 0.1) is 6.42 Å². The fraction of sp³-hybridized carbons (Fsp3) is 0.947. The molecule has 0 radical (unpaired) electrons. The molecular weight excluding hydrogens is 520 g/mol. The summed E-state index contributed by atoms with van der Waals surface area (Å²) in [5.74, 6) is -1.09. The van der Waals surface area contributed by atoms with Crippen LogP contribution in [0.4, 0.5) is 0 Å². The first kappa shape index (κ1) is 40.9. The van der Waals surface area contributed by atoms with Gasteiger partial charge in [-0.15, -0.1) is 0 Å². The lowest BCUT2D eigenvalue weighted by atomic mass is 10.0. The summed E-state index contributed by atoms with van der Waals surface area (Å²) >= 11 is 0. The first-order valence-corrected chi connectivity index (χ1v) is 19.0. The van der Waals surface area contributed by atoms with Crippen LogP contribution in [-0.4, -0.2) is 23.1 Å². The Morgan fingerprint density at radius 3 is 1.05 bits per heavy atom. The zero-order chi connectivity index (χ0) is 30.8. The second kappa shape index (κ2) is 34.4. The minimum Gasteiger partial charge on any atom is -0.481 e. The fourth-order valence-corrected chi connectivity index (χ4v) is 6.03. The van der Waals surface area contributed by atoms with E-state index >= 15 is 0 Å². The summed E-state index contributed by atoms with van der Waals surface area (Å²) in [6, 6.07) is 0. The molecule has 0 aromatic rings. The van der Waals surface area contributed by atoms with Crippen molar-refractivity contribution in [1.29, 1.82) is 0 Å². The zero-order valence-electron chi connectivity index (χ0n) is 28.6. The Bertz CT molecular complexity index is 561. The minimum atomic E-state index is -0.877. The average molecular weight is 595 g/mol. The molecule has 0 saturated heterocycles. The number of unbranched alkanes of at least 4 members (excludes halogenated alkanes) is 28. The Hall–Kier alpha value is -1.06. The number of aliphatic carboxylic acids is 1. The van der Waals surface area contributed by atoms with Crippen LogP contribution in [0.3, 0.4) is 0 Å². The molecule has 0 saturated carbocycles. The van der Waals surface area contributed by atoms with Gasteiger partial charge < -0.3 is 9.84 Å². The number of carbonyl (C=O) groups is 2. The van der Waals surface area contributed by atoms with E-state index in [2.05, 4.69) is 13.8 Å². The number of carboxylic acid groups (broad SMARTS) is 1. The summed E-state index contributed by atoms with van der Waals surface area (Å²) in [4.78, 5) is 23.5. The van der Waals surface area contributed by atoms with Gasteiger partial charge in [-0.25, -0.2) is 0 Å². The molecule has 0 aliphatic carbocycles. The summed E-state index contributed by atoms with van der Waals surface area (Å²) in [6.45, 7) is 4.53. The topological polar surface area (TPSA) is 63.6 Å². The lowest BCUT2D eigenvalue weighted by molar-refractivity contribution is -0.153. The van der Waals surface area contributed by atoms with Crippen LogP contribution in [0.25, 0.3) is 0 Å². The van der Waals surface area contributed by atoms with E-state index in [1.54, 1.807) is 0 Å². The van der Waals surface area contributed by atoms with Crippen LogP contribution in [0.2, 0.25) is 0 Å². The summed E-state index contributed by atoms with van der Waals surface area (Å²) in [5, 5.41) is 9.21. The molecule has 0 fully saturated rings. The Balaban J connectivity index is 3.50. The third-order valence-electron chi connectivity index (χ3n) is 8.81. The first-order chi connectivity index (χ1) is 20.6. The van der Waals surface area contributed by atoms with Crippen LogP contribution in [0.1, 0.15) is 226 Å². The maximum Gasteiger partial charge on any atom is 0.307 e. The van der Waals surface area contributed by atoms with Crippen molar-refractivity contribution in [3.05, 3.63) is 0 Å². The number of hydrogen-bond donors (Lipinski definition) is 1. The Morgan fingerprint density at radius 1 is 0.452 bits per heavy atom. The van der Waals surface area contributed by atoms with E-state index < -0.39 is 12.1 Å². The molecule has 0 aliphatic rings. The van der Waals surface area contributed by atoms with Crippen molar-refractivity contribution < 1.29 is 19.4 Å². The van der Waals surface area contributed by atoms with Crippen LogP contribution in [0.5, 0.6) is 0 Å². The molecule has 0 amide bonds. The van der Waals surface area contributed by atoms with Gasteiger partial charge in [0.25, 0.3) is 0 Å². The third-order valence-corrected chi connectivity index (χ3v) is 8.81. The van der Waals surface area contributed by atoms with Crippen molar-refractivity contribution in [2.75, 3.05) is 0 Å². The van der Waals surface area contributed by atoms with Crippen LogP contribution < -0.4 is 0 Å². The van der Waals surface area contributed by atoms with E-state index in [9.17, 15) is 14.7 Å². The van der Waals surface area contributed by atoms with Gasteiger partial charge in [-0.3, -0.25) is 9.59 Å². The van der Waals surface area contributed by atoms with Crippen LogP contribution in [0, 0.1) is 0 Å². The second-order valence-electron chi connectivity index (χ2n) is 13.1. The van der Waals surface area contributed by atoms with Gasteiger partial charge in [0.1, 0.15) is 6.10 Å². The smallest absolute Gasteiger partial charge is 0.307 e.